The van der Waals surface area contributed by atoms with Crippen molar-refractivity contribution in [2.24, 2.45) is 0 Å². The highest BCUT2D eigenvalue weighted by Gasteiger charge is 2.19. The Balaban J connectivity index is 1.72. The lowest BCUT2D eigenvalue weighted by molar-refractivity contribution is -0.133. The zero-order valence-corrected chi connectivity index (χ0v) is 12.2. The Labute approximate surface area is 120 Å². The predicted octanol–water partition coefficient (Wildman–Crippen LogP) is 2.20. The summed E-state index contributed by atoms with van der Waals surface area (Å²) in [6.45, 7) is 5.67. The molecule has 110 valence electrons. The number of amides is 1. The van der Waals surface area contributed by atoms with E-state index in [0.29, 0.717) is 13.2 Å². The van der Waals surface area contributed by atoms with Gasteiger partial charge in [-0.15, -0.1) is 0 Å². The summed E-state index contributed by atoms with van der Waals surface area (Å²) >= 11 is 0. The van der Waals surface area contributed by atoms with Gasteiger partial charge in [-0.1, -0.05) is 24.3 Å². The van der Waals surface area contributed by atoms with Gasteiger partial charge in [0.25, 0.3) is 0 Å². The minimum Gasteiger partial charge on any atom is -0.376 e. The van der Waals surface area contributed by atoms with E-state index < -0.39 is 6.10 Å². The number of nitrogens with one attached hydrogen (secondary N) is 1. The molecule has 20 heavy (non-hydrogen) atoms. The van der Waals surface area contributed by atoms with Crippen LogP contribution >= 0.6 is 0 Å². The second-order valence-electron chi connectivity index (χ2n) is 5.25. The molecule has 1 fully saturated rings. The molecule has 4 heteroatoms. The molecule has 0 saturated carbocycles. The molecule has 0 aromatic heterocycles. The normalized spacial score (nSPS) is 19.8. The number of rotatable bonds is 6. The Morgan fingerprint density at radius 2 is 2.30 bits per heavy atom. The Bertz CT molecular complexity index is 441. The molecule has 1 aromatic carbocycles. The number of carbonyl (C=O) groups excluding carboxylic acids is 1. The average Bonchev–Trinajstić information content (AvgIpc) is 2.97. The highest BCUT2D eigenvalue weighted by atomic mass is 16.5. The molecule has 1 aliphatic heterocycles. The number of benzene rings is 1. The van der Waals surface area contributed by atoms with E-state index >= 15 is 0 Å². The molecule has 1 heterocycles. The van der Waals surface area contributed by atoms with Crippen LogP contribution in [0.5, 0.6) is 0 Å². The lowest BCUT2D eigenvalue weighted by Crippen LogP contribution is -2.35. The maximum atomic E-state index is 12.0. The van der Waals surface area contributed by atoms with Gasteiger partial charge in [0.15, 0.2) is 0 Å². The number of carbonyl (C=O) groups is 1. The molecule has 2 rings (SSSR count). The van der Waals surface area contributed by atoms with Crippen LogP contribution in [0.2, 0.25) is 0 Å². The van der Waals surface area contributed by atoms with Crippen LogP contribution in [0.4, 0.5) is 0 Å². The van der Waals surface area contributed by atoms with Crippen LogP contribution in [0.15, 0.2) is 24.3 Å². The van der Waals surface area contributed by atoms with Gasteiger partial charge >= 0.3 is 0 Å². The summed E-state index contributed by atoms with van der Waals surface area (Å²) in [4.78, 5) is 12.0. The van der Waals surface area contributed by atoms with E-state index in [0.717, 1.165) is 25.0 Å². The number of ether oxygens (including phenoxy) is 2. The average molecular weight is 277 g/mol. The molecule has 4 nitrogen and oxygen atoms in total. The molecule has 1 saturated heterocycles. The quantitative estimate of drug-likeness (QED) is 0.867. The summed E-state index contributed by atoms with van der Waals surface area (Å²) in [5, 5.41) is 2.91. The van der Waals surface area contributed by atoms with E-state index in [9.17, 15) is 4.79 Å². The Morgan fingerprint density at radius 1 is 1.50 bits per heavy atom. The van der Waals surface area contributed by atoms with E-state index in [1.807, 2.05) is 31.2 Å². The summed E-state index contributed by atoms with van der Waals surface area (Å²) in [6.07, 6.45) is 1.82. The fourth-order valence-electron chi connectivity index (χ4n) is 2.24. The third kappa shape index (κ3) is 4.32. The predicted molar refractivity (Wildman–Crippen MR) is 77.4 cm³/mol. The summed E-state index contributed by atoms with van der Waals surface area (Å²) in [6, 6.07) is 8.03. The smallest absolute Gasteiger partial charge is 0.249 e. The van der Waals surface area contributed by atoms with E-state index in [-0.39, 0.29) is 12.0 Å². The molecule has 0 bridgehead atoms. The second kappa shape index (κ2) is 7.41. The van der Waals surface area contributed by atoms with Crippen LogP contribution in [0.1, 0.15) is 30.9 Å². The van der Waals surface area contributed by atoms with Gasteiger partial charge in [0, 0.05) is 13.2 Å². The van der Waals surface area contributed by atoms with Crippen LogP contribution < -0.4 is 5.32 Å². The molecular formula is C16H23NO3. The summed E-state index contributed by atoms with van der Waals surface area (Å²) in [7, 11) is 0. The maximum Gasteiger partial charge on any atom is 0.249 e. The van der Waals surface area contributed by atoms with Crippen molar-refractivity contribution in [2.45, 2.75) is 45.4 Å². The summed E-state index contributed by atoms with van der Waals surface area (Å²) < 4.78 is 11.0. The number of hydrogen-bond acceptors (Lipinski definition) is 3. The minimum atomic E-state index is -0.441. The largest absolute Gasteiger partial charge is 0.376 e. The first-order chi connectivity index (χ1) is 9.66. The first-order valence-electron chi connectivity index (χ1n) is 7.22. The Hall–Kier alpha value is -1.39. The topological polar surface area (TPSA) is 47.6 Å². The minimum absolute atomic E-state index is 0.0775. The molecule has 0 radical (unpaired) electrons. The zero-order chi connectivity index (χ0) is 14.4. The first kappa shape index (κ1) is 15.0. The zero-order valence-electron chi connectivity index (χ0n) is 12.2. The first-order valence-corrected chi connectivity index (χ1v) is 7.22. The van der Waals surface area contributed by atoms with Gasteiger partial charge in [-0.25, -0.2) is 0 Å². The monoisotopic (exact) mass is 277 g/mol. The highest BCUT2D eigenvalue weighted by Crippen LogP contribution is 2.13. The summed E-state index contributed by atoms with van der Waals surface area (Å²) in [5.41, 5.74) is 2.31. The lowest BCUT2D eigenvalue weighted by atomic mass is 10.1. The molecule has 1 aromatic rings. The van der Waals surface area contributed by atoms with E-state index in [4.69, 9.17) is 9.47 Å². The molecular weight excluding hydrogens is 254 g/mol. The van der Waals surface area contributed by atoms with Crippen LogP contribution in [-0.2, 0) is 20.8 Å². The maximum absolute atomic E-state index is 12.0. The van der Waals surface area contributed by atoms with E-state index in [2.05, 4.69) is 5.32 Å². The molecule has 1 N–H and O–H groups in total. The van der Waals surface area contributed by atoms with Crippen molar-refractivity contribution in [1.82, 2.24) is 5.32 Å². The third-order valence-corrected chi connectivity index (χ3v) is 3.64. The molecule has 0 spiro atoms. The van der Waals surface area contributed by atoms with Gasteiger partial charge in [-0.3, -0.25) is 4.79 Å². The Morgan fingerprint density at radius 3 is 3.00 bits per heavy atom. The molecule has 0 aliphatic carbocycles. The van der Waals surface area contributed by atoms with Crippen LogP contribution in [0.25, 0.3) is 0 Å². The van der Waals surface area contributed by atoms with E-state index in [1.54, 1.807) is 6.92 Å². The van der Waals surface area contributed by atoms with Crippen molar-refractivity contribution >= 4 is 5.91 Å². The fourth-order valence-corrected chi connectivity index (χ4v) is 2.24. The van der Waals surface area contributed by atoms with Crippen LogP contribution in [-0.4, -0.2) is 31.3 Å². The molecule has 1 amide bonds. The van der Waals surface area contributed by atoms with Crippen molar-refractivity contribution in [3.8, 4) is 0 Å². The number of aryl methyl sites for hydroxylation is 1. The third-order valence-electron chi connectivity index (χ3n) is 3.64. The standard InChI is InChI=1S/C16H23NO3/c1-12-6-3-4-7-14(12)10-17-16(18)13(2)20-11-15-8-5-9-19-15/h3-4,6-7,13,15H,5,8-11H2,1-2H3,(H,17,18). The van der Waals surface area contributed by atoms with Crippen molar-refractivity contribution in [3.63, 3.8) is 0 Å². The van der Waals surface area contributed by atoms with Crippen molar-refractivity contribution in [2.75, 3.05) is 13.2 Å². The van der Waals surface area contributed by atoms with Crippen molar-refractivity contribution in [1.29, 1.82) is 0 Å². The highest BCUT2D eigenvalue weighted by molar-refractivity contribution is 5.80. The van der Waals surface area contributed by atoms with Gasteiger partial charge in [0.05, 0.1) is 12.7 Å². The Kier molecular flexibility index (Phi) is 5.56. The van der Waals surface area contributed by atoms with Crippen LogP contribution in [0.3, 0.4) is 0 Å². The lowest BCUT2D eigenvalue weighted by Gasteiger charge is -2.16. The van der Waals surface area contributed by atoms with Gasteiger partial charge in [0.1, 0.15) is 6.10 Å². The second-order valence-corrected chi connectivity index (χ2v) is 5.25. The molecule has 1 aliphatic rings. The van der Waals surface area contributed by atoms with Crippen molar-refractivity contribution < 1.29 is 14.3 Å². The van der Waals surface area contributed by atoms with Gasteiger partial charge in [0.2, 0.25) is 5.91 Å². The SMILES string of the molecule is Cc1ccccc1CNC(=O)C(C)OCC1CCCO1. The molecule has 2 unspecified atom stereocenters. The van der Waals surface area contributed by atoms with Crippen LogP contribution in [0, 0.1) is 6.92 Å². The van der Waals surface area contributed by atoms with Gasteiger partial charge in [-0.2, -0.15) is 0 Å². The van der Waals surface area contributed by atoms with E-state index in [1.165, 1.54) is 5.56 Å². The summed E-state index contributed by atoms with van der Waals surface area (Å²) in [5.74, 6) is -0.0775. The molecule has 2 atom stereocenters. The van der Waals surface area contributed by atoms with Crippen molar-refractivity contribution in [3.05, 3.63) is 35.4 Å². The number of hydrogen-bond donors (Lipinski definition) is 1. The fraction of sp³-hybridized carbons (Fsp3) is 0.562. The van der Waals surface area contributed by atoms with Gasteiger partial charge in [-0.05, 0) is 37.8 Å². The van der Waals surface area contributed by atoms with Gasteiger partial charge < -0.3 is 14.8 Å².